The topological polar surface area (TPSA) is 90.0 Å². The first-order valence-corrected chi connectivity index (χ1v) is 11.0. The molecule has 0 aromatic heterocycles. The number of rotatable bonds is 3. The van der Waals surface area contributed by atoms with Crippen molar-refractivity contribution in [3.63, 3.8) is 0 Å². The van der Waals surface area contributed by atoms with Crippen molar-refractivity contribution in [3.05, 3.63) is 23.2 Å². The molecular formula is C14H18ClNO6S2. The number of fused-ring (bicyclic) bond motifs is 1. The molecule has 134 valence electrons. The summed E-state index contributed by atoms with van der Waals surface area (Å²) < 4.78 is 62.4. The molecule has 2 heterocycles. The first-order valence-electron chi connectivity index (χ1n) is 7.42. The SMILES string of the molecule is COc1ccc(Cl)cc1S(=O)(=O)N1CCS(=O)(=O)[C@H]2COCC[C@H]21. The number of sulfone groups is 1. The minimum absolute atomic E-state index is 0.0195. The lowest BCUT2D eigenvalue weighted by Gasteiger charge is -2.42. The van der Waals surface area contributed by atoms with Crippen LogP contribution in [-0.4, -0.2) is 65.1 Å². The molecule has 0 spiro atoms. The van der Waals surface area contributed by atoms with Crippen molar-refractivity contribution in [2.45, 2.75) is 22.6 Å². The number of sulfonamides is 1. The summed E-state index contributed by atoms with van der Waals surface area (Å²) in [4.78, 5) is -0.0537. The van der Waals surface area contributed by atoms with Gasteiger partial charge in [0.2, 0.25) is 10.0 Å². The van der Waals surface area contributed by atoms with Gasteiger partial charge in [-0.1, -0.05) is 11.6 Å². The zero-order valence-electron chi connectivity index (χ0n) is 13.0. The van der Waals surface area contributed by atoms with Crippen LogP contribution in [0.5, 0.6) is 5.75 Å². The fourth-order valence-corrected chi connectivity index (χ4v) is 7.31. The maximum atomic E-state index is 13.1. The Morgan fingerprint density at radius 1 is 1.38 bits per heavy atom. The Balaban J connectivity index is 2.05. The maximum Gasteiger partial charge on any atom is 0.247 e. The summed E-state index contributed by atoms with van der Waals surface area (Å²) in [7, 11) is -5.94. The van der Waals surface area contributed by atoms with E-state index in [2.05, 4.69) is 0 Å². The van der Waals surface area contributed by atoms with Gasteiger partial charge < -0.3 is 9.47 Å². The summed E-state index contributed by atoms with van der Waals surface area (Å²) >= 11 is 5.95. The number of halogens is 1. The van der Waals surface area contributed by atoms with Crippen molar-refractivity contribution in [1.29, 1.82) is 0 Å². The molecule has 2 aliphatic heterocycles. The number of hydrogen-bond acceptors (Lipinski definition) is 6. The van der Waals surface area contributed by atoms with Crippen LogP contribution in [-0.2, 0) is 24.6 Å². The predicted octanol–water partition coefficient (Wildman–Crippen LogP) is 0.925. The van der Waals surface area contributed by atoms with E-state index < -0.39 is 31.2 Å². The van der Waals surface area contributed by atoms with Crippen LogP contribution >= 0.6 is 11.6 Å². The molecule has 2 fully saturated rings. The highest BCUT2D eigenvalue weighted by Crippen LogP contribution is 2.35. The average molecular weight is 396 g/mol. The van der Waals surface area contributed by atoms with E-state index >= 15 is 0 Å². The fraction of sp³-hybridized carbons (Fsp3) is 0.571. The summed E-state index contributed by atoms with van der Waals surface area (Å²) in [6, 6.07) is 3.72. The van der Waals surface area contributed by atoms with E-state index in [9.17, 15) is 16.8 Å². The lowest BCUT2D eigenvalue weighted by Crippen LogP contribution is -2.60. The minimum Gasteiger partial charge on any atom is -0.495 e. The molecule has 0 amide bonds. The van der Waals surface area contributed by atoms with Crippen molar-refractivity contribution in [2.75, 3.05) is 32.6 Å². The molecule has 0 N–H and O–H groups in total. The molecular weight excluding hydrogens is 378 g/mol. The van der Waals surface area contributed by atoms with Crippen molar-refractivity contribution < 1.29 is 26.3 Å². The summed E-state index contributed by atoms with van der Waals surface area (Å²) in [6.07, 6.45) is 0.339. The molecule has 0 saturated carbocycles. The summed E-state index contributed by atoms with van der Waals surface area (Å²) in [6.45, 7) is 0.266. The Morgan fingerprint density at radius 3 is 2.83 bits per heavy atom. The quantitative estimate of drug-likeness (QED) is 0.756. The van der Waals surface area contributed by atoms with Gasteiger partial charge >= 0.3 is 0 Å². The lowest BCUT2D eigenvalue weighted by molar-refractivity contribution is 0.0590. The molecule has 2 saturated heterocycles. The van der Waals surface area contributed by atoms with Gasteiger partial charge in [0.25, 0.3) is 0 Å². The Morgan fingerprint density at radius 2 is 2.12 bits per heavy atom. The van der Waals surface area contributed by atoms with Crippen LogP contribution in [0, 0.1) is 0 Å². The summed E-state index contributed by atoms with van der Waals surface area (Å²) in [5.74, 6) is -0.0453. The van der Waals surface area contributed by atoms with Crippen LogP contribution in [0.3, 0.4) is 0 Å². The van der Waals surface area contributed by atoms with Gasteiger partial charge in [-0.05, 0) is 24.6 Å². The molecule has 1 aromatic rings. The highest BCUT2D eigenvalue weighted by molar-refractivity contribution is 7.92. The third kappa shape index (κ3) is 3.03. The molecule has 0 radical (unpaired) electrons. The third-order valence-corrected chi connectivity index (χ3v) is 8.71. The van der Waals surface area contributed by atoms with Gasteiger partial charge in [0.1, 0.15) is 15.9 Å². The molecule has 2 aliphatic rings. The lowest BCUT2D eigenvalue weighted by atomic mass is 10.1. The maximum absolute atomic E-state index is 13.1. The average Bonchev–Trinajstić information content (AvgIpc) is 2.54. The molecule has 7 nitrogen and oxygen atoms in total. The minimum atomic E-state index is -3.94. The Bertz CT molecular complexity index is 839. The van der Waals surface area contributed by atoms with Crippen LogP contribution in [0.15, 0.2) is 23.1 Å². The fourth-order valence-electron chi connectivity index (χ4n) is 3.18. The Labute approximate surface area is 146 Å². The van der Waals surface area contributed by atoms with Gasteiger partial charge in [-0.2, -0.15) is 4.31 Å². The predicted molar refractivity (Wildman–Crippen MR) is 88.7 cm³/mol. The standard InChI is InChI=1S/C14H18ClNO6S2/c1-21-12-3-2-10(15)8-13(12)24(19,20)16-5-7-23(17,18)14-9-22-6-4-11(14)16/h2-3,8,11,14H,4-7,9H2,1H3/t11-,14+/m1/s1. The normalized spacial score (nSPS) is 27.4. The summed E-state index contributed by atoms with van der Waals surface area (Å²) in [5, 5.41) is -0.567. The molecule has 1 aromatic carbocycles. The van der Waals surface area contributed by atoms with E-state index in [4.69, 9.17) is 21.1 Å². The number of benzene rings is 1. The second kappa shape index (κ2) is 6.45. The number of nitrogens with zero attached hydrogens (tertiary/aromatic N) is 1. The third-order valence-electron chi connectivity index (χ3n) is 4.41. The first kappa shape index (κ1) is 17.9. The molecule has 10 heteroatoms. The monoisotopic (exact) mass is 395 g/mol. The largest absolute Gasteiger partial charge is 0.495 e. The van der Waals surface area contributed by atoms with E-state index in [0.29, 0.717) is 13.0 Å². The van der Waals surface area contributed by atoms with Crippen LogP contribution in [0.25, 0.3) is 0 Å². The highest BCUT2D eigenvalue weighted by Gasteiger charge is 2.48. The van der Waals surface area contributed by atoms with E-state index in [1.807, 2.05) is 0 Å². The van der Waals surface area contributed by atoms with Gasteiger partial charge in [-0.25, -0.2) is 16.8 Å². The Hall–Kier alpha value is -0.870. The molecule has 2 atom stereocenters. The van der Waals surface area contributed by atoms with E-state index in [1.54, 1.807) is 0 Å². The Kier molecular flexibility index (Phi) is 4.82. The molecule has 0 aliphatic carbocycles. The van der Waals surface area contributed by atoms with E-state index in [1.165, 1.54) is 29.6 Å². The van der Waals surface area contributed by atoms with E-state index in [0.717, 1.165) is 0 Å². The summed E-state index contributed by atoms with van der Waals surface area (Å²) in [5.41, 5.74) is 0. The van der Waals surface area contributed by atoms with Crippen LogP contribution in [0.1, 0.15) is 6.42 Å². The van der Waals surface area contributed by atoms with Crippen LogP contribution in [0.4, 0.5) is 0 Å². The van der Waals surface area contributed by atoms with Crippen molar-refractivity contribution in [2.24, 2.45) is 0 Å². The van der Waals surface area contributed by atoms with Gasteiger partial charge in [0.15, 0.2) is 9.84 Å². The van der Waals surface area contributed by atoms with Crippen molar-refractivity contribution in [3.8, 4) is 5.75 Å². The highest BCUT2D eigenvalue weighted by atomic mass is 35.5. The second-order valence-electron chi connectivity index (χ2n) is 5.75. The van der Waals surface area contributed by atoms with E-state index in [-0.39, 0.29) is 34.6 Å². The van der Waals surface area contributed by atoms with Crippen LogP contribution in [0.2, 0.25) is 5.02 Å². The molecule has 24 heavy (non-hydrogen) atoms. The first-order chi connectivity index (χ1) is 11.3. The number of ether oxygens (including phenoxy) is 2. The molecule has 3 rings (SSSR count). The van der Waals surface area contributed by atoms with Crippen molar-refractivity contribution >= 4 is 31.5 Å². The zero-order valence-corrected chi connectivity index (χ0v) is 15.4. The van der Waals surface area contributed by atoms with Crippen molar-refractivity contribution in [1.82, 2.24) is 4.31 Å². The second-order valence-corrected chi connectivity index (χ2v) is 10.4. The number of hydrogen-bond donors (Lipinski definition) is 0. The van der Waals surface area contributed by atoms with Gasteiger partial charge in [0.05, 0.1) is 19.5 Å². The zero-order chi connectivity index (χ0) is 17.5. The van der Waals surface area contributed by atoms with Gasteiger partial charge in [0, 0.05) is 24.2 Å². The van der Waals surface area contributed by atoms with Gasteiger partial charge in [-0.15, -0.1) is 0 Å². The van der Waals surface area contributed by atoms with Gasteiger partial charge in [-0.3, -0.25) is 0 Å². The molecule has 0 bridgehead atoms. The number of methoxy groups -OCH3 is 1. The van der Waals surface area contributed by atoms with Crippen LogP contribution < -0.4 is 4.74 Å². The molecule has 0 unspecified atom stereocenters. The smallest absolute Gasteiger partial charge is 0.247 e.